The van der Waals surface area contributed by atoms with Crippen LogP contribution in [0.4, 0.5) is 0 Å². The normalized spacial score (nSPS) is 18.4. The number of carbonyl (C=O) groups excluding carboxylic acids is 1. The molecule has 0 aromatic carbocycles. The van der Waals surface area contributed by atoms with Crippen molar-refractivity contribution in [3.63, 3.8) is 0 Å². The number of hydrogen-bond donors (Lipinski definition) is 2. The van der Waals surface area contributed by atoms with Crippen LogP contribution in [0, 0.1) is 5.41 Å². The zero-order valence-electron chi connectivity index (χ0n) is 7.22. The Balaban J connectivity index is 2.47. The molecule has 0 aromatic rings. The summed E-state index contributed by atoms with van der Waals surface area (Å²) < 4.78 is 0. The zero-order valence-corrected chi connectivity index (χ0v) is 8.04. The molecule has 0 spiro atoms. The van der Waals surface area contributed by atoms with Crippen molar-refractivity contribution < 1.29 is 4.79 Å². The van der Waals surface area contributed by atoms with Gasteiger partial charge < -0.3 is 11.1 Å². The Morgan fingerprint density at radius 3 is 2.58 bits per heavy atom. The summed E-state index contributed by atoms with van der Waals surface area (Å²) in [6.07, 6.45) is 2.58. The topological polar surface area (TPSA) is 55.1 Å². The number of hydrogen-bond acceptors (Lipinski definition) is 2. The molecule has 1 aliphatic carbocycles. The Morgan fingerprint density at radius 2 is 2.25 bits per heavy atom. The van der Waals surface area contributed by atoms with Gasteiger partial charge in [-0.15, -0.1) is 0 Å². The summed E-state index contributed by atoms with van der Waals surface area (Å²) in [4.78, 5) is 11.8. The van der Waals surface area contributed by atoms with Crippen molar-refractivity contribution in [3.8, 4) is 0 Å². The maximum absolute atomic E-state index is 11.4. The second-order valence-corrected chi connectivity index (χ2v) is 3.64. The predicted octanol–water partition coefficient (Wildman–Crippen LogP) is 0.579. The van der Waals surface area contributed by atoms with E-state index in [2.05, 4.69) is 5.32 Å². The van der Waals surface area contributed by atoms with Crippen LogP contribution >= 0.6 is 12.2 Å². The van der Waals surface area contributed by atoms with Gasteiger partial charge in [0.2, 0.25) is 5.91 Å². The second kappa shape index (κ2) is 3.39. The molecule has 0 aliphatic heterocycles. The van der Waals surface area contributed by atoms with Gasteiger partial charge in [0.25, 0.3) is 0 Å². The molecule has 0 bridgehead atoms. The van der Waals surface area contributed by atoms with Crippen LogP contribution in [0.25, 0.3) is 0 Å². The summed E-state index contributed by atoms with van der Waals surface area (Å²) in [6, 6.07) is 0. The van der Waals surface area contributed by atoms with Gasteiger partial charge in [-0.3, -0.25) is 4.79 Å². The highest BCUT2D eigenvalue weighted by atomic mass is 32.1. The van der Waals surface area contributed by atoms with E-state index < -0.39 is 5.41 Å². The molecule has 0 atom stereocenters. The molecule has 12 heavy (non-hydrogen) atoms. The average Bonchev–Trinajstić information content (AvgIpc) is 2.80. The van der Waals surface area contributed by atoms with Crippen molar-refractivity contribution in [2.24, 2.45) is 11.1 Å². The summed E-state index contributed by atoms with van der Waals surface area (Å²) in [5.74, 6) is 0.0110. The van der Waals surface area contributed by atoms with E-state index in [1.54, 1.807) is 0 Å². The summed E-state index contributed by atoms with van der Waals surface area (Å²) in [5, 5.41) is 2.81. The SMILES string of the molecule is CCCNC(=O)C1(C(N)=S)CC1. The summed E-state index contributed by atoms with van der Waals surface area (Å²) in [7, 11) is 0. The third kappa shape index (κ3) is 1.58. The van der Waals surface area contributed by atoms with Gasteiger partial charge in [-0.2, -0.15) is 0 Å². The van der Waals surface area contributed by atoms with Gasteiger partial charge in [-0.05, 0) is 19.3 Å². The second-order valence-electron chi connectivity index (χ2n) is 3.20. The van der Waals surface area contributed by atoms with Crippen molar-refractivity contribution in [1.29, 1.82) is 0 Å². The lowest BCUT2D eigenvalue weighted by molar-refractivity contribution is -0.123. The highest BCUT2D eigenvalue weighted by molar-refractivity contribution is 7.80. The molecule has 1 saturated carbocycles. The highest BCUT2D eigenvalue weighted by Gasteiger charge is 2.52. The smallest absolute Gasteiger partial charge is 0.233 e. The van der Waals surface area contributed by atoms with Crippen molar-refractivity contribution in [2.45, 2.75) is 26.2 Å². The first-order valence-electron chi connectivity index (χ1n) is 4.21. The molecule has 0 saturated heterocycles. The summed E-state index contributed by atoms with van der Waals surface area (Å²) in [6.45, 7) is 2.73. The fraction of sp³-hybridized carbons (Fsp3) is 0.750. The fourth-order valence-corrected chi connectivity index (χ4v) is 1.41. The minimum absolute atomic E-state index is 0.0110. The van der Waals surface area contributed by atoms with E-state index >= 15 is 0 Å². The standard InChI is InChI=1S/C8H14N2OS/c1-2-5-10-7(11)8(3-4-8)6(9)12/h2-5H2,1H3,(H2,9,12)(H,10,11). The van der Waals surface area contributed by atoms with Gasteiger partial charge in [0.1, 0.15) is 0 Å². The molecule has 1 rings (SSSR count). The Labute approximate surface area is 77.7 Å². The monoisotopic (exact) mass is 186 g/mol. The van der Waals surface area contributed by atoms with Crippen LogP contribution in [0.2, 0.25) is 0 Å². The Bertz CT molecular complexity index is 211. The van der Waals surface area contributed by atoms with Crippen LogP contribution in [0.5, 0.6) is 0 Å². The fourth-order valence-electron chi connectivity index (χ4n) is 1.12. The van der Waals surface area contributed by atoms with Crippen LogP contribution in [-0.4, -0.2) is 17.4 Å². The summed E-state index contributed by atoms with van der Waals surface area (Å²) >= 11 is 4.84. The third-order valence-electron chi connectivity index (χ3n) is 2.19. The molecular formula is C8H14N2OS. The van der Waals surface area contributed by atoms with Crippen LogP contribution in [0.3, 0.4) is 0 Å². The van der Waals surface area contributed by atoms with Crippen LogP contribution < -0.4 is 11.1 Å². The molecule has 3 nitrogen and oxygen atoms in total. The van der Waals surface area contributed by atoms with E-state index in [4.69, 9.17) is 18.0 Å². The number of rotatable bonds is 4. The molecule has 3 N–H and O–H groups in total. The van der Waals surface area contributed by atoms with Crippen molar-refractivity contribution in [1.82, 2.24) is 5.32 Å². The summed E-state index contributed by atoms with van der Waals surface area (Å²) in [5.41, 5.74) is 4.99. The number of thiocarbonyl (C=S) groups is 1. The van der Waals surface area contributed by atoms with Gasteiger partial charge >= 0.3 is 0 Å². The first-order valence-corrected chi connectivity index (χ1v) is 4.62. The average molecular weight is 186 g/mol. The number of nitrogens with one attached hydrogen (secondary N) is 1. The molecule has 1 fully saturated rings. The minimum atomic E-state index is -0.482. The van der Waals surface area contributed by atoms with Crippen molar-refractivity contribution >= 4 is 23.1 Å². The molecular weight excluding hydrogens is 172 g/mol. The largest absolute Gasteiger partial charge is 0.392 e. The molecule has 1 amide bonds. The van der Waals surface area contributed by atoms with Gasteiger partial charge in [0.05, 0.1) is 10.4 Å². The lowest BCUT2D eigenvalue weighted by Gasteiger charge is -2.12. The predicted molar refractivity (Wildman–Crippen MR) is 51.8 cm³/mol. The molecule has 4 heteroatoms. The van der Waals surface area contributed by atoms with Crippen molar-refractivity contribution in [2.75, 3.05) is 6.54 Å². The van der Waals surface area contributed by atoms with Crippen LogP contribution in [-0.2, 0) is 4.79 Å². The van der Waals surface area contributed by atoms with Gasteiger partial charge in [0, 0.05) is 6.54 Å². The van der Waals surface area contributed by atoms with E-state index in [0.717, 1.165) is 19.3 Å². The van der Waals surface area contributed by atoms with E-state index in [1.807, 2.05) is 6.92 Å². The van der Waals surface area contributed by atoms with Gasteiger partial charge in [-0.25, -0.2) is 0 Å². The number of carbonyl (C=O) groups is 1. The Hall–Kier alpha value is -0.640. The first kappa shape index (κ1) is 9.45. The van der Waals surface area contributed by atoms with E-state index in [9.17, 15) is 4.79 Å². The van der Waals surface area contributed by atoms with Crippen LogP contribution in [0.15, 0.2) is 0 Å². The molecule has 1 aliphatic rings. The Kier molecular flexibility index (Phi) is 2.67. The lowest BCUT2D eigenvalue weighted by Crippen LogP contribution is -2.39. The lowest BCUT2D eigenvalue weighted by atomic mass is 10.1. The van der Waals surface area contributed by atoms with E-state index in [1.165, 1.54) is 0 Å². The van der Waals surface area contributed by atoms with E-state index in [0.29, 0.717) is 11.5 Å². The molecule has 0 aromatic heterocycles. The highest BCUT2D eigenvalue weighted by Crippen LogP contribution is 2.46. The number of nitrogens with two attached hydrogens (primary N) is 1. The van der Waals surface area contributed by atoms with E-state index in [-0.39, 0.29) is 5.91 Å². The minimum Gasteiger partial charge on any atom is -0.392 e. The quantitative estimate of drug-likeness (QED) is 0.631. The molecule has 0 heterocycles. The maximum atomic E-state index is 11.4. The maximum Gasteiger partial charge on any atom is 0.233 e. The zero-order chi connectivity index (χ0) is 9.19. The van der Waals surface area contributed by atoms with Crippen molar-refractivity contribution in [3.05, 3.63) is 0 Å². The Morgan fingerprint density at radius 1 is 1.67 bits per heavy atom. The molecule has 68 valence electrons. The van der Waals surface area contributed by atoms with Crippen LogP contribution in [0.1, 0.15) is 26.2 Å². The van der Waals surface area contributed by atoms with Gasteiger partial charge in [0.15, 0.2) is 0 Å². The third-order valence-corrected chi connectivity index (χ3v) is 2.58. The molecule has 0 unspecified atom stereocenters. The first-order chi connectivity index (χ1) is 5.63. The van der Waals surface area contributed by atoms with Gasteiger partial charge in [-0.1, -0.05) is 19.1 Å². The number of amides is 1. The molecule has 0 radical (unpaired) electrons.